The molecule has 7 heteroatoms. The van der Waals surface area contributed by atoms with Crippen molar-refractivity contribution in [2.75, 3.05) is 7.11 Å². The summed E-state index contributed by atoms with van der Waals surface area (Å²) in [5, 5.41) is 4.17. The van der Waals surface area contributed by atoms with Crippen molar-refractivity contribution in [3.8, 4) is 11.5 Å². The fraction of sp³-hybridized carbons (Fsp3) is 0.250. The summed E-state index contributed by atoms with van der Waals surface area (Å²) in [6.07, 6.45) is 3.03. The number of halogens is 2. The fourth-order valence-corrected chi connectivity index (χ4v) is 2.06. The molecule has 0 N–H and O–H groups in total. The zero-order valence-electron chi connectivity index (χ0n) is 12.9. The third kappa shape index (κ3) is 4.15. The molecule has 5 nitrogen and oxygen atoms in total. The van der Waals surface area contributed by atoms with E-state index in [1.54, 1.807) is 17.8 Å². The van der Waals surface area contributed by atoms with Gasteiger partial charge in [0.25, 0.3) is 0 Å². The van der Waals surface area contributed by atoms with Crippen LogP contribution in [0.15, 0.2) is 30.3 Å². The molecule has 0 aliphatic carbocycles. The Balaban J connectivity index is 2.20. The summed E-state index contributed by atoms with van der Waals surface area (Å²) in [5.74, 6) is -0.336. The first-order valence-electron chi connectivity index (χ1n) is 6.76. The second-order valence-electron chi connectivity index (χ2n) is 4.78. The first kappa shape index (κ1) is 16.7. The van der Waals surface area contributed by atoms with Gasteiger partial charge >= 0.3 is 6.61 Å². The molecule has 0 unspecified atom stereocenters. The van der Waals surface area contributed by atoms with Gasteiger partial charge in [0.1, 0.15) is 0 Å². The number of allylic oxidation sites excluding steroid dienone is 1. The number of carbonyl (C=O) groups is 1. The zero-order valence-corrected chi connectivity index (χ0v) is 12.9. The Morgan fingerprint density at radius 1 is 1.30 bits per heavy atom. The maximum atomic E-state index is 12.3. The van der Waals surface area contributed by atoms with E-state index in [-0.39, 0.29) is 17.3 Å². The molecule has 0 spiro atoms. The van der Waals surface area contributed by atoms with Crippen LogP contribution in [0.3, 0.4) is 0 Å². The lowest BCUT2D eigenvalue weighted by Crippen LogP contribution is -2.04. The Labute approximate surface area is 132 Å². The highest BCUT2D eigenvalue weighted by atomic mass is 19.3. The number of hydrogen-bond acceptors (Lipinski definition) is 4. The van der Waals surface area contributed by atoms with Crippen LogP contribution in [0.5, 0.6) is 11.5 Å². The van der Waals surface area contributed by atoms with Gasteiger partial charge in [-0.2, -0.15) is 13.9 Å². The van der Waals surface area contributed by atoms with Gasteiger partial charge in [0, 0.05) is 12.6 Å². The number of ether oxygens (including phenoxy) is 2. The van der Waals surface area contributed by atoms with Gasteiger partial charge in [0.2, 0.25) is 0 Å². The molecule has 1 heterocycles. The van der Waals surface area contributed by atoms with Crippen LogP contribution in [0, 0.1) is 6.92 Å². The van der Waals surface area contributed by atoms with Crippen LogP contribution in [0.1, 0.15) is 21.7 Å². The van der Waals surface area contributed by atoms with Crippen LogP contribution in [0.4, 0.5) is 8.78 Å². The Bertz CT molecular complexity index is 739. The molecule has 0 fully saturated rings. The Morgan fingerprint density at radius 3 is 2.61 bits per heavy atom. The van der Waals surface area contributed by atoms with Crippen molar-refractivity contribution in [1.82, 2.24) is 9.78 Å². The van der Waals surface area contributed by atoms with Crippen LogP contribution in [0.25, 0.3) is 6.08 Å². The maximum Gasteiger partial charge on any atom is 0.387 e. The van der Waals surface area contributed by atoms with Gasteiger partial charge in [-0.05, 0) is 43.3 Å². The average molecular weight is 322 g/mol. The lowest BCUT2D eigenvalue weighted by Gasteiger charge is -2.10. The van der Waals surface area contributed by atoms with Crippen molar-refractivity contribution in [2.24, 2.45) is 7.05 Å². The van der Waals surface area contributed by atoms with Crippen molar-refractivity contribution in [2.45, 2.75) is 13.5 Å². The standard InChI is InChI=1S/C16H16F2N2O3/c1-10-8-12(20(2)19-10)5-6-13(21)11-4-7-14(23-16(17)18)15(9-11)22-3/h4-9,16H,1-3H3/b6-5+. The SMILES string of the molecule is COc1cc(C(=O)/C=C/c2cc(C)nn2C)ccc1OC(F)F. The predicted octanol–water partition coefficient (Wildman–Crippen LogP) is 3.23. The van der Waals surface area contributed by atoms with Crippen LogP contribution in [0.2, 0.25) is 0 Å². The minimum atomic E-state index is -2.96. The van der Waals surface area contributed by atoms with Crippen LogP contribution in [-0.4, -0.2) is 29.3 Å². The molecule has 2 aromatic rings. The molecule has 0 bridgehead atoms. The van der Waals surface area contributed by atoms with Crippen molar-refractivity contribution in [3.63, 3.8) is 0 Å². The van der Waals surface area contributed by atoms with Gasteiger partial charge < -0.3 is 9.47 Å². The number of ketones is 1. The largest absolute Gasteiger partial charge is 0.493 e. The third-order valence-corrected chi connectivity index (χ3v) is 3.11. The number of alkyl halides is 2. The van der Waals surface area contributed by atoms with E-state index in [1.807, 2.05) is 13.0 Å². The first-order valence-corrected chi connectivity index (χ1v) is 6.76. The molecular weight excluding hydrogens is 306 g/mol. The van der Waals surface area contributed by atoms with E-state index < -0.39 is 6.61 Å². The van der Waals surface area contributed by atoms with Gasteiger partial charge in [-0.1, -0.05) is 0 Å². The smallest absolute Gasteiger partial charge is 0.387 e. The summed E-state index contributed by atoms with van der Waals surface area (Å²) >= 11 is 0. The molecule has 0 amide bonds. The molecule has 1 aromatic carbocycles. The molecule has 2 rings (SSSR count). The molecule has 0 radical (unpaired) electrons. The lowest BCUT2D eigenvalue weighted by atomic mass is 10.1. The number of carbonyl (C=O) groups excluding carboxylic acids is 1. The molecule has 0 atom stereocenters. The van der Waals surface area contributed by atoms with Crippen molar-refractivity contribution in [1.29, 1.82) is 0 Å². The van der Waals surface area contributed by atoms with Crippen molar-refractivity contribution in [3.05, 3.63) is 47.3 Å². The summed E-state index contributed by atoms with van der Waals surface area (Å²) < 4.78 is 35.5. The van der Waals surface area contributed by atoms with E-state index in [0.29, 0.717) is 5.56 Å². The maximum absolute atomic E-state index is 12.3. The molecule has 0 saturated carbocycles. The third-order valence-electron chi connectivity index (χ3n) is 3.11. The Kier molecular flexibility index (Phi) is 5.10. The van der Waals surface area contributed by atoms with Gasteiger partial charge in [-0.25, -0.2) is 0 Å². The number of aryl methyl sites for hydroxylation is 2. The molecule has 122 valence electrons. The van der Waals surface area contributed by atoms with Crippen molar-refractivity contribution >= 4 is 11.9 Å². The number of rotatable bonds is 6. The summed E-state index contributed by atoms with van der Waals surface area (Å²) in [6.45, 7) is -1.11. The highest BCUT2D eigenvalue weighted by Gasteiger charge is 2.13. The minimum Gasteiger partial charge on any atom is -0.493 e. The summed E-state index contributed by atoms with van der Waals surface area (Å²) in [7, 11) is 3.09. The van der Waals surface area contributed by atoms with Gasteiger partial charge in [0.05, 0.1) is 18.5 Å². The summed E-state index contributed by atoms with van der Waals surface area (Å²) in [6, 6.07) is 5.88. The highest BCUT2D eigenvalue weighted by molar-refractivity contribution is 6.07. The highest BCUT2D eigenvalue weighted by Crippen LogP contribution is 2.29. The molecule has 23 heavy (non-hydrogen) atoms. The van der Waals surface area contributed by atoms with Gasteiger partial charge in [0.15, 0.2) is 17.3 Å². The second-order valence-corrected chi connectivity index (χ2v) is 4.78. The van der Waals surface area contributed by atoms with E-state index in [1.165, 1.54) is 31.4 Å². The van der Waals surface area contributed by atoms with Crippen LogP contribution < -0.4 is 9.47 Å². The van der Waals surface area contributed by atoms with Crippen LogP contribution >= 0.6 is 0 Å². The van der Waals surface area contributed by atoms with E-state index in [0.717, 1.165) is 11.4 Å². The van der Waals surface area contributed by atoms with Gasteiger partial charge in [-0.15, -0.1) is 0 Å². The number of aromatic nitrogens is 2. The summed E-state index contributed by atoms with van der Waals surface area (Å²) in [5.41, 5.74) is 1.92. The lowest BCUT2D eigenvalue weighted by molar-refractivity contribution is -0.0512. The zero-order chi connectivity index (χ0) is 17.0. The number of nitrogens with zero attached hydrogens (tertiary/aromatic N) is 2. The fourth-order valence-electron chi connectivity index (χ4n) is 2.06. The predicted molar refractivity (Wildman–Crippen MR) is 80.9 cm³/mol. The topological polar surface area (TPSA) is 53.3 Å². The van der Waals surface area contributed by atoms with E-state index >= 15 is 0 Å². The van der Waals surface area contributed by atoms with Gasteiger partial charge in [-0.3, -0.25) is 9.48 Å². The molecule has 1 aromatic heterocycles. The molecular formula is C16H16F2N2O3. The second kappa shape index (κ2) is 7.04. The Morgan fingerprint density at radius 2 is 2.04 bits per heavy atom. The quantitative estimate of drug-likeness (QED) is 0.605. The van der Waals surface area contributed by atoms with E-state index in [9.17, 15) is 13.6 Å². The normalized spacial score (nSPS) is 11.2. The number of benzene rings is 1. The van der Waals surface area contributed by atoms with Crippen molar-refractivity contribution < 1.29 is 23.0 Å². The summed E-state index contributed by atoms with van der Waals surface area (Å²) in [4.78, 5) is 12.2. The first-order chi connectivity index (χ1) is 10.9. The number of methoxy groups -OCH3 is 1. The monoisotopic (exact) mass is 322 g/mol. The molecule has 0 aliphatic rings. The van der Waals surface area contributed by atoms with E-state index in [4.69, 9.17) is 4.74 Å². The minimum absolute atomic E-state index is 0.0703. The molecule has 0 aliphatic heterocycles. The average Bonchev–Trinajstić information content (AvgIpc) is 2.82. The van der Waals surface area contributed by atoms with Crippen LogP contribution in [-0.2, 0) is 7.05 Å². The van der Waals surface area contributed by atoms with E-state index in [2.05, 4.69) is 9.84 Å². The molecule has 0 saturated heterocycles. The number of hydrogen-bond donors (Lipinski definition) is 0. The Hall–Kier alpha value is -2.70.